The number of carbonyl (C=O) groups excluding carboxylic acids is 2. The highest BCUT2D eigenvalue weighted by atomic mass is 32.2. The summed E-state index contributed by atoms with van der Waals surface area (Å²) in [6, 6.07) is 33.1. The topological polar surface area (TPSA) is 213 Å². The number of amides is 3. The summed E-state index contributed by atoms with van der Waals surface area (Å²) in [5, 5.41) is 38.2. The number of carbonyl (C=O) groups is 2. The number of urea groups is 1. The standard InChI is InChI=1S/C38H31N7O8S2/c1-23-18-29(41-38(47)40-27-6-4-3-5-7-27)14-16-34(23)45-43-31-15-17-35(24(2)19-31)44-42-28-11-8-25(9-12-28)37(46)39-30-13-10-26-20-32(54-53-52-48)22-36(33(26)21-30)55(49,50)51/h3-22,48H,1-2H3,(H,39,46)(H2,40,41,47)(H,49,50,51). The third-order valence-electron chi connectivity index (χ3n) is 7.93. The molecule has 0 saturated carbocycles. The maximum atomic E-state index is 13.0. The predicted molar refractivity (Wildman–Crippen MR) is 209 cm³/mol. The molecule has 0 aliphatic heterocycles. The fourth-order valence-electron chi connectivity index (χ4n) is 5.27. The number of aryl methyl sites for hydroxylation is 2. The van der Waals surface area contributed by atoms with Crippen LogP contribution < -0.4 is 16.0 Å². The van der Waals surface area contributed by atoms with Crippen LogP contribution in [0.25, 0.3) is 10.8 Å². The van der Waals surface area contributed by atoms with Crippen molar-refractivity contribution in [2.45, 2.75) is 23.6 Å². The summed E-state index contributed by atoms with van der Waals surface area (Å²) in [5.74, 6) is -0.466. The van der Waals surface area contributed by atoms with Gasteiger partial charge in [0.1, 0.15) is 4.90 Å². The molecule has 15 nitrogen and oxygen atoms in total. The minimum atomic E-state index is -4.66. The molecule has 0 fully saturated rings. The van der Waals surface area contributed by atoms with E-state index < -0.39 is 20.9 Å². The average molecular weight is 778 g/mol. The molecule has 0 aliphatic rings. The van der Waals surface area contributed by atoms with E-state index in [0.717, 1.165) is 17.2 Å². The highest BCUT2D eigenvalue weighted by Gasteiger charge is 2.18. The molecule has 55 heavy (non-hydrogen) atoms. The van der Waals surface area contributed by atoms with Gasteiger partial charge in [-0.3, -0.25) is 9.35 Å². The zero-order chi connectivity index (χ0) is 39.0. The summed E-state index contributed by atoms with van der Waals surface area (Å²) in [5.41, 5.74) is 5.90. The lowest BCUT2D eigenvalue weighted by molar-refractivity contribution is -0.432. The van der Waals surface area contributed by atoms with E-state index in [1.165, 1.54) is 6.07 Å². The molecular weight excluding hydrogens is 747 g/mol. The van der Waals surface area contributed by atoms with E-state index in [1.807, 2.05) is 44.2 Å². The number of fused-ring (bicyclic) bond motifs is 1. The highest BCUT2D eigenvalue weighted by Crippen LogP contribution is 2.33. The molecule has 6 rings (SSSR count). The highest BCUT2D eigenvalue weighted by molar-refractivity contribution is 7.94. The Bertz CT molecular complexity index is 2550. The molecule has 0 heterocycles. The Morgan fingerprint density at radius 3 is 1.95 bits per heavy atom. The van der Waals surface area contributed by atoms with Crippen molar-refractivity contribution in [1.29, 1.82) is 0 Å². The maximum Gasteiger partial charge on any atom is 0.323 e. The molecule has 6 aromatic rings. The lowest BCUT2D eigenvalue weighted by atomic mass is 10.1. The van der Waals surface area contributed by atoms with Crippen molar-refractivity contribution in [3.8, 4) is 0 Å². The molecular formula is C38H31N7O8S2. The van der Waals surface area contributed by atoms with Crippen molar-refractivity contribution in [2.75, 3.05) is 16.0 Å². The Morgan fingerprint density at radius 2 is 1.27 bits per heavy atom. The lowest BCUT2D eigenvalue weighted by Crippen LogP contribution is -2.19. The summed E-state index contributed by atoms with van der Waals surface area (Å²) in [6.45, 7) is 3.75. The number of benzene rings is 6. The first-order chi connectivity index (χ1) is 26.4. The van der Waals surface area contributed by atoms with Crippen LogP contribution in [0.4, 0.5) is 44.6 Å². The molecule has 0 unspecified atom stereocenters. The molecule has 0 radical (unpaired) electrons. The number of azo groups is 2. The normalized spacial score (nSPS) is 11.6. The van der Waals surface area contributed by atoms with Crippen LogP contribution in [-0.4, -0.2) is 30.2 Å². The molecule has 0 aliphatic carbocycles. The summed E-state index contributed by atoms with van der Waals surface area (Å²) in [4.78, 5) is 25.2. The van der Waals surface area contributed by atoms with Gasteiger partial charge in [-0.05, 0) is 127 Å². The van der Waals surface area contributed by atoms with Crippen molar-refractivity contribution >= 4 is 84.7 Å². The summed E-state index contributed by atoms with van der Waals surface area (Å²) >= 11 is 0.536. The van der Waals surface area contributed by atoms with Gasteiger partial charge in [0.2, 0.25) is 0 Å². The molecule has 0 spiro atoms. The van der Waals surface area contributed by atoms with Crippen LogP contribution in [0, 0.1) is 13.8 Å². The van der Waals surface area contributed by atoms with Crippen LogP contribution in [0.2, 0.25) is 0 Å². The zero-order valence-corrected chi connectivity index (χ0v) is 30.6. The Hall–Kier alpha value is -6.34. The van der Waals surface area contributed by atoms with Crippen LogP contribution in [0.1, 0.15) is 21.5 Å². The lowest BCUT2D eigenvalue weighted by Gasteiger charge is -2.10. The summed E-state index contributed by atoms with van der Waals surface area (Å²) in [7, 11) is -4.66. The third kappa shape index (κ3) is 10.2. The van der Waals surface area contributed by atoms with Crippen LogP contribution in [0.5, 0.6) is 0 Å². The van der Waals surface area contributed by atoms with Crippen molar-refractivity contribution < 1.29 is 37.2 Å². The second-order valence-electron chi connectivity index (χ2n) is 11.9. The van der Waals surface area contributed by atoms with Crippen molar-refractivity contribution in [3.05, 3.63) is 138 Å². The van der Waals surface area contributed by atoms with Crippen molar-refractivity contribution in [1.82, 2.24) is 0 Å². The minimum Gasteiger partial charge on any atom is -0.322 e. The Balaban J connectivity index is 1.06. The maximum absolute atomic E-state index is 13.0. The van der Waals surface area contributed by atoms with Crippen LogP contribution in [0.3, 0.4) is 0 Å². The zero-order valence-electron chi connectivity index (χ0n) is 29.0. The van der Waals surface area contributed by atoms with Gasteiger partial charge in [0.15, 0.2) is 0 Å². The van der Waals surface area contributed by atoms with Gasteiger partial charge in [-0.25, -0.2) is 10.1 Å². The molecule has 0 bridgehead atoms. The molecule has 3 amide bonds. The van der Waals surface area contributed by atoms with E-state index >= 15 is 0 Å². The second-order valence-corrected chi connectivity index (χ2v) is 14.0. The smallest absolute Gasteiger partial charge is 0.322 e. The van der Waals surface area contributed by atoms with Gasteiger partial charge in [0.05, 0.1) is 34.8 Å². The van der Waals surface area contributed by atoms with E-state index in [0.29, 0.717) is 57.1 Å². The number of hydrogen-bond acceptors (Lipinski definition) is 12. The predicted octanol–water partition coefficient (Wildman–Crippen LogP) is 10.9. The van der Waals surface area contributed by atoms with Crippen LogP contribution in [-0.2, 0) is 19.5 Å². The number of nitrogens with zero attached hydrogens (tertiary/aromatic N) is 4. The molecule has 0 aromatic heterocycles. The monoisotopic (exact) mass is 777 g/mol. The quantitative estimate of drug-likeness (QED) is 0.0262. The van der Waals surface area contributed by atoms with Gasteiger partial charge in [0, 0.05) is 32.9 Å². The van der Waals surface area contributed by atoms with Gasteiger partial charge in [-0.1, -0.05) is 29.3 Å². The Kier molecular flexibility index (Phi) is 12.0. The third-order valence-corrected chi connectivity index (χ3v) is 9.38. The summed E-state index contributed by atoms with van der Waals surface area (Å²) in [6.07, 6.45) is 0. The summed E-state index contributed by atoms with van der Waals surface area (Å²) < 4.78 is 38.4. The molecule has 278 valence electrons. The Morgan fingerprint density at radius 1 is 0.655 bits per heavy atom. The first kappa shape index (κ1) is 38.4. The van der Waals surface area contributed by atoms with E-state index in [2.05, 4.69) is 45.8 Å². The molecule has 6 aromatic carbocycles. The van der Waals surface area contributed by atoms with E-state index in [-0.39, 0.29) is 22.0 Å². The molecule has 17 heteroatoms. The van der Waals surface area contributed by atoms with Gasteiger partial charge in [-0.2, -0.15) is 28.9 Å². The van der Waals surface area contributed by atoms with Crippen LogP contribution >= 0.6 is 12.0 Å². The Labute approximate surface area is 319 Å². The number of hydrogen-bond donors (Lipinski definition) is 5. The van der Waals surface area contributed by atoms with E-state index in [9.17, 15) is 22.6 Å². The van der Waals surface area contributed by atoms with Crippen molar-refractivity contribution in [3.63, 3.8) is 0 Å². The van der Waals surface area contributed by atoms with Gasteiger partial charge < -0.3 is 16.0 Å². The molecule has 5 N–H and O–H groups in total. The van der Waals surface area contributed by atoms with Gasteiger partial charge in [-0.15, -0.1) is 4.33 Å². The minimum absolute atomic E-state index is 0.151. The fraction of sp³-hybridized carbons (Fsp3) is 0.0526. The van der Waals surface area contributed by atoms with Crippen molar-refractivity contribution in [2.24, 2.45) is 20.5 Å². The second kappa shape index (κ2) is 17.2. The van der Waals surface area contributed by atoms with E-state index in [1.54, 1.807) is 78.9 Å². The first-order valence-electron chi connectivity index (χ1n) is 16.2. The number of anilines is 3. The fourth-order valence-corrected chi connectivity index (χ4v) is 6.53. The molecule has 0 atom stereocenters. The average Bonchev–Trinajstić information content (AvgIpc) is 3.16. The number of para-hydroxylation sites is 1. The van der Waals surface area contributed by atoms with E-state index in [4.69, 9.17) is 5.26 Å². The SMILES string of the molecule is Cc1cc(N=Nc2ccc(NC(=O)Nc3ccccc3)cc2C)ccc1N=Nc1ccc(C(=O)Nc2ccc3cc(SOOO)cc(S(=O)(=O)O)c3c2)cc1. The van der Waals surface area contributed by atoms with Gasteiger partial charge in [0.25, 0.3) is 16.0 Å². The largest absolute Gasteiger partial charge is 0.323 e. The first-order valence-corrected chi connectivity index (χ1v) is 18.4. The molecule has 0 saturated heterocycles. The van der Waals surface area contributed by atoms with Crippen LogP contribution in [0.15, 0.2) is 152 Å². The number of nitrogens with one attached hydrogen (secondary N) is 3. The number of rotatable bonds is 12. The van der Waals surface area contributed by atoms with Gasteiger partial charge >= 0.3 is 6.03 Å².